The molecule has 8 heteroatoms. The van der Waals surface area contributed by atoms with Gasteiger partial charge in [0.05, 0.1) is 13.3 Å². The van der Waals surface area contributed by atoms with E-state index in [-0.39, 0.29) is 6.10 Å². The molecule has 0 aromatic carbocycles. The van der Waals surface area contributed by atoms with Crippen molar-refractivity contribution in [1.29, 1.82) is 0 Å². The summed E-state index contributed by atoms with van der Waals surface area (Å²) >= 11 is 0. The first-order chi connectivity index (χ1) is 11.8. The van der Waals surface area contributed by atoms with Crippen LogP contribution in [0.1, 0.15) is 12.8 Å². The molecule has 4 heterocycles. The Morgan fingerprint density at radius 3 is 2.62 bits per heavy atom. The second-order valence-corrected chi connectivity index (χ2v) is 5.63. The third-order valence-electron chi connectivity index (χ3n) is 4.05. The lowest BCUT2D eigenvalue weighted by Gasteiger charge is -2.22. The number of H-pyrrole nitrogens is 1. The van der Waals surface area contributed by atoms with Gasteiger partial charge in [0.15, 0.2) is 5.65 Å². The summed E-state index contributed by atoms with van der Waals surface area (Å²) in [5, 5.41) is 3.32. The van der Waals surface area contributed by atoms with Crippen LogP contribution in [0, 0.1) is 0 Å². The SMILES string of the molecule is COc1ncc(-c2c[nH]c3ncc(OC4CCNCC4)nc23)cn1. The van der Waals surface area contributed by atoms with Crippen LogP contribution in [0.5, 0.6) is 11.9 Å². The summed E-state index contributed by atoms with van der Waals surface area (Å²) in [6.07, 6.45) is 9.06. The molecule has 124 valence electrons. The van der Waals surface area contributed by atoms with Crippen molar-refractivity contribution in [3.63, 3.8) is 0 Å². The largest absolute Gasteiger partial charge is 0.473 e. The molecule has 0 bridgehead atoms. The van der Waals surface area contributed by atoms with Crippen LogP contribution in [0.25, 0.3) is 22.3 Å². The van der Waals surface area contributed by atoms with E-state index in [2.05, 4.69) is 30.2 Å². The number of ether oxygens (including phenoxy) is 2. The molecule has 3 aromatic heterocycles. The zero-order chi connectivity index (χ0) is 16.4. The molecule has 3 aromatic rings. The van der Waals surface area contributed by atoms with Gasteiger partial charge in [-0.1, -0.05) is 0 Å². The van der Waals surface area contributed by atoms with Crippen LogP contribution < -0.4 is 14.8 Å². The molecule has 1 saturated heterocycles. The number of aromatic amines is 1. The van der Waals surface area contributed by atoms with E-state index in [1.54, 1.807) is 18.6 Å². The van der Waals surface area contributed by atoms with Gasteiger partial charge >= 0.3 is 6.01 Å². The first-order valence-corrected chi connectivity index (χ1v) is 7.91. The minimum atomic E-state index is 0.185. The number of nitrogens with one attached hydrogen (secondary N) is 2. The minimum absolute atomic E-state index is 0.185. The van der Waals surface area contributed by atoms with Gasteiger partial charge < -0.3 is 19.8 Å². The van der Waals surface area contributed by atoms with Crippen molar-refractivity contribution in [2.75, 3.05) is 20.2 Å². The number of rotatable bonds is 4. The number of hydrogen-bond acceptors (Lipinski definition) is 7. The highest BCUT2D eigenvalue weighted by Gasteiger charge is 2.17. The number of hydrogen-bond donors (Lipinski definition) is 2. The van der Waals surface area contributed by atoms with Gasteiger partial charge in [-0.15, -0.1) is 0 Å². The third-order valence-corrected chi connectivity index (χ3v) is 4.05. The van der Waals surface area contributed by atoms with Gasteiger partial charge in [-0.2, -0.15) is 0 Å². The van der Waals surface area contributed by atoms with Crippen LogP contribution in [-0.4, -0.2) is 51.2 Å². The Hall–Kier alpha value is -2.74. The molecule has 0 atom stereocenters. The second kappa shape index (κ2) is 6.40. The Labute approximate surface area is 138 Å². The molecule has 2 N–H and O–H groups in total. The summed E-state index contributed by atoms with van der Waals surface area (Å²) in [7, 11) is 1.54. The summed E-state index contributed by atoms with van der Waals surface area (Å²) in [5.41, 5.74) is 3.18. The highest BCUT2D eigenvalue weighted by atomic mass is 16.5. The standard InChI is InChI=1S/C16H18N6O2/c1-23-16-20-6-10(7-21-16)12-8-18-15-14(12)22-13(9-19-15)24-11-2-4-17-5-3-11/h6-9,11,17H,2-5H2,1H3,(H,18,19). The average Bonchev–Trinajstić information content (AvgIpc) is 3.06. The number of fused-ring (bicyclic) bond motifs is 1. The summed E-state index contributed by atoms with van der Waals surface area (Å²) in [4.78, 5) is 20.4. The van der Waals surface area contributed by atoms with Crippen molar-refractivity contribution in [1.82, 2.24) is 30.2 Å². The van der Waals surface area contributed by atoms with E-state index < -0.39 is 0 Å². The van der Waals surface area contributed by atoms with Crippen molar-refractivity contribution in [2.24, 2.45) is 0 Å². The van der Waals surface area contributed by atoms with Crippen LogP contribution in [0.2, 0.25) is 0 Å². The minimum Gasteiger partial charge on any atom is -0.473 e. The van der Waals surface area contributed by atoms with Crippen molar-refractivity contribution >= 4 is 11.2 Å². The molecule has 0 unspecified atom stereocenters. The predicted molar refractivity (Wildman–Crippen MR) is 88.0 cm³/mol. The van der Waals surface area contributed by atoms with Gasteiger partial charge in [0.1, 0.15) is 11.6 Å². The van der Waals surface area contributed by atoms with Crippen LogP contribution in [-0.2, 0) is 0 Å². The molecule has 0 radical (unpaired) electrons. The summed E-state index contributed by atoms with van der Waals surface area (Å²) < 4.78 is 11.0. The third kappa shape index (κ3) is 2.88. The normalized spacial score (nSPS) is 15.5. The van der Waals surface area contributed by atoms with E-state index >= 15 is 0 Å². The molecule has 0 spiro atoms. The fourth-order valence-electron chi connectivity index (χ4n) is 2.80. The fourth-order valence-corrected chi connectivity index (χ4v) is 2.80. The fraction of sp³-hybridized carbons (Fsp3) is 0.375. The maximum atomic E-state index is 5.98. The Morgan fingerprint density at radius 2 is 1.88 bits per heavy atom. The maximum Gasteiger partial charge on any atom is 0.316 e. The lowest BCUT2D eigenvalue weighted by atomic mass is 10.1. The molecule has 4 rings (SSSR count). The number of methoxy groups -OCH3 is 1. The van der Waals surface area contributed by atoms with E-state index in [0.717, 1.165) is 42.6 Å². The van der Waals surface area contributed by atoms with Gasteiger partial charge in [0.2, 0.25) is 5.88 Å². The number of aromatic nitrogens is 5. The topological polar surface area (TPSA) is 97.8 Å². The zero-order valence-corrected chi connectivity index (χ0v) is 13.3. The van der Waals surface area contributed by atoms with E-state index in [9.17, 15) is 0 Å². The molecule has 0 aliphatic carbocycles. The van der Waals surface area contributed by atoms with E-state index in [4.69, 9.17) is 9.47 Å². The lowest BCUT2D eigenvalue weighted by Crippen LogP contribution is -2.34. The lowest BCUT2D eigenvalue weighted by molar-refractivity contribution is 0.156. The summed E-state index contributed by atoms with van der Waals surface area (Å²) in [5.74, 6) is 0.546. The zero-order valence-electron chi connectivity index (χ0n) is 13.3. The van der Waals surface area contributed by atoms with Gasteiger partial charge in [0.25, 0.3) is 0 Å². The highest BCUT2D eigenvalue weighted by Crippen LogP contribution is 2.27. The Balaban J connectivity index is 1.64. The first-order valence-electron chi connectivity index (χ1n) is 7.91. The van der Waals surface area contributed by atoms with Gasteiger partial charge in [0, 0.05) is 29.7 Å². The average molecular weight is 326 g/mol. The monoisotopic (exact) mass is 326 g/mol. The van der Waals surface area contributed by atoms with Crippen molar-refractivity contribution in [2.45, 2.75) is 18.9 Å². The number of piperidine rings is 1. The van der Waals surface area contributed by atoms with E-state index in [1.165, 1.54) is 7.11 Å². The van der Waals surface area contributed by atoms with Gasteiger partial charge in [-0.05, 0) is 25.9 Å². The van der Waals surface area contributed by atoms with Gasteiger partial charge in [-0.3, -0.25) is 0 Å². The molecule has 1 fully saturated rings. The Bertz CT molecular complexity index is 826. The molecular formula is C16H18N6O2. The van der Waals surface area contributed by atoms with Crippen LogP contribution >= 0.6 is 0 Å². The second-order valence-electron chi connectivity index (χ2n) is 5.63. The summed E-state index contributed by atoms with van der Waals surface area (Å²) in [6, 6.07) is 0.333. The Morgan fingerprint density at radius 1 is 1.08 bits per heavy atom. The van der Waals surface area contributed by atoms with E-state index in [1.807, 2.05) is 6.20 Å². The van der Waals surface area contributed by atoms with E-state index in [0.29, 0.717) is 17.5 Å². The van der Waals surface area contributed by atoms with Crippen molar-refractivity contribution < 1.29 is 9.47 Å². The highest BCUT2D eigenvalue weighted by molar-refractivity contribution is 5.90. The van der Waals surface area contributed by atoms with Crippen molar-refractivity contribution in [3.8, 4) is 23.0 Å². The maximum absolute atomic E-state index is 5.98. The first kappa shape index (κ1) is 14.8. The van der Waals surface area contributed by atoms with Crippen LogP contribution in [0.4, 0.5) is 0 Å². The van der Waals surface area contributed by atoms with Crippen LogP contribution in [0.3, 0.4) is 0 Å². The molecular weight excluding hydrogens is 308 g/mol. The molecule has 1 aliphatic heterocycles. The number of nitrogens with zero attached hydrogens (tertiary/aromatic N) is 4. The summed E-state index contributed by atoms with van der Waals surface area (Å²) in [6.45, 7) is 1.94. The van der Waals surface area contributed by atoms with Crippen LogP contribution in [0.15, 0.2) is 24.8 Å². The Kier molecular flexibility index (Phi) is 3.96. The quantitative estimate of drug-likeness (QED) is 0.750. The molecule has 8 nitrogen and oxygen atoms in total. The van der Waals surface area contributed by atoms with Crippen molar-refractivity contribution in [3.05, 3.63) is 24.8 Å². The molecule has 0 saturated carbocycles. The smallest absolute Gasteiger partial charge is 0.316 e. The van der Waals surface area contributed by atoms with Gasteiger partial charge in [-0.25, -0.2) is 19.9 Å². The molecule has 0 amide bonds. The molecule has 24 heavy (non-hydrogen) atoms. The molecule has 1 aliphatic rings. The predicted octanol–water partition coefficient (Wildman–Crippen LogP) is 1.55.